The number of rotatable bonds is 24. The van der Waals surface area contributed by atoms with Crippen molar-refractivity contribution in [2.45, 2.75) is 122 Å². The molecule has 0 bridgehead atoms. The normalized spacial score (nSPS) is 18.6. The van der Waals surface area contributed by atoms with Gasteiger partial charge in [0.2, 0.25) is 17.7 Å². The summed E-state index contributed by atoms with van der Waals surface area (Å²) < 4.78 is 22.9. The number of carbonyl (C=O) groups excluding carboxylic acids is 6. The van der Waals surface area contributed by atoms with Crippen molar-refractivity contribution in [1.29, 1.82) is 0 Å². The van der Waals surface area contributed by atoms with E-state index in [2.05, 4.69) is 33.4 Å². The Bertz CT molecular complexity index is 2200. The summed E-state index contributed by atoms with van der Waals surface area (Å²) in [4.78, 5) is 85.0. The number of nitrogens with zero attached hydrogens (tertiary/aromatic N) is 1. The van der Waals surface area contributed by atoms with Crippen molar-refractivity contribution in [1.82, 2.24) is 26.2 Å². The molecule has 3 aromatic rings. The number of hydrogen-bond acceptors (Lipinski definition) is 11. The molecule has 0 saturated carbocycles. The molecule has 4 N–H and O–H groups in total. The van der Waals surface area contributed by atoms with Gasteiger partial charge >= 0.3 is 12.1 Å². The maximum absolute atomic E-state index is 14.9. The van der Waals surface area contributed by atoms with E-state index in [-0.39, 0.29) is 55.4 Å². The molecule has 2 aliphatic rings. The first-order chi connectivity index (χ1) is 32.8. The van der Waals surface area contributed by atoms with Crippen LogP contribution >= 0.6 is 0 Å². The van der Waals surface area contributed by atoms with Gasteiger partial charge in [0.1, 0.15) is 24.2 Å². The van der Waals surface area contributed by atoms with Gasteiger partial charge < -0.3 is 45.1 Å². The molecule has 15 heteroatoms. The maximum atomic E-state index is 14.9. The van der Waals surface area contributed by atoms with Crippen molar-refractivity contribution >= 4 is 35.6 Å². The minimum atomic E-state index is -1.28. The number of nitrogens with one attached hydrogen (secondary N) is 4. The third-order valence-corrected chi connectivity index (χ3v) is 14.3. The van der Waals surface area contributed by atoms with Crippen LogP contribution in [0.1, 0.15) is 96.8 Å². The van der Waals surface area contributed by atoms with Crippen molar-refractivity contribution in [3.63, 3.8) is 0 Å². The number of ketones is 1. The average molecular weight is 954 g/mol. The van der Waals surface area contributed by atoms with Gasteiger partial charge in [-0.15, -0.1) is 0 Å². The predicted molar refractivity (Wildman–Crippen MR) is 264 cm³/mol. The van der Waals surface area contributed by atoms with Gasteiger partial charge in [-0.05, 0) is 72.9 Å². The van der Waals surface area contributed by atoms with Gasteiger partial charge in [-0.1, -0.05) is 120 Å². The van der Waals surface area contributed by atoms with E-state index in [0.717, 1.165) is 27.8 Å². The molecule has 0 spiro atoms. The first-order valence-corrected chi connectivity index (χ1v) is 24.3. The van der Waals surface area contributed by atoms with Crippen LogP contribution in [0.2, 0.25) is 0 Å². The number of Topliss-reactive ketones (excluding diaryl/α,β-unsaturated/α-hetero) is 1. The summed E-state index contributed by atoms with van der Waals surface area (Å²) in [6.07, 6.45) is -0.575. The lowest BCUT2D eigenvalue weighted by molar-refractivity contribution is -0.149. The van der Waals surface area contributed by atoms with Crippen LogP contribution in [0.4, 0.5) is 4.79 Å². The van der Waals surface area contributed by atoms with E-state index in [1.165, 1.54) is 21.3 Å². The molecule has 376 valence electrons. The van der Waals surface area contributed by atoms with E-state index >= 15 is 0 Å². The monoisotopic (exact) mass is 954 g/mol. The molecule has 1 fully saturated rings. The molecule has 0 aromatic heterocycles. The SMILES string of the molecule is CC[C@H](C)[C@@H]([C@@H](CC(=O)[C@@]1([C@H](OC)[C@@H](C)C(=O)N[C@@H](Cc2ccccc2)C(=O)OC)CCCN1)OC)N(C)C(=O)[C@@H](NC(=O)C(C)(C)CNC(=O)OCC1c2ccccc2-c2ccccc21)C(C)C. The fraction of sp³-hybridized carbons (Fsp3) is 0.556. The number of esters is 1. The summed E-state index contributed by atoms with van der Waals surface area (Å²) >= 11 is 0. The largest absolute Gasteiger partial charge is 0.467 e. The first-order valence-electron chi connectivity index (χ1n) is 24.3. The summed E-state index contributed by atoms with van der Waals surface area (Å²) in [5.41, 5.74) is 2.84. The molecule has 8 atom stereocenters. The summed E-state index contributed by atoms with van der Waals surface area (Å²) in [6, 6.07) is 22.9. The van der Waals surface area contributed by atoms with Gasteiger partial charge in [-0.3, -0.25) is 19.2 Å². The molecule has 0 unspecified atom stereocenters. The van der Waals surface area contributed by atoms with E-state index in [1.807, 2.05) is 94.4 Å². The molecule has 5 rings (SSSR count). The summed E-state index contributed by atoms with van der Waals surface area (Å²) in [5.74, 6) is -3.57. The summed E-state index contributed by atoms with van der Waals surface area (Å²) in [5, 5.41) is 12.0. The smallest absolute Gasteiger partial charge is 0.407 e. The molecule has 69 heavy (non-hydrogen) atoms. The molecule has 1 saturated heterocycles. The second-order valence-corrected chi connectivity index (χ2v) is 19.7. The molecule has 3 aromatic carbocycles. The van der Waals surface area contributed by atoms with Crippen LogP contribution < -0.4 is 21.3 Å². The van der Waals surface area contributed by atoms with Crippen LogP contribution in [-0.4, -0.2) is 124 Å². The van der Waals surface area contributed by atoms with Gasteiger partial charge in [0.25, 0.3) is 0 Å². The van der Waals surface area contributed by atoms with Crippen LogP contribution in [-0.2, 0) is 49.3 Å². The molecule has 1 aliphatic carbocycles. The Kier molecular flexibility index (Phi) is 19.1. The third-order valence-electron chi connectivity index (χ3n) is 14.3. The van der Waals surface area contributed by atoms with E-state index in [9.17, 15) is 28.8 Å². The van der Waals surface area contributed by atoms with Crippen LogP contribution in [0, 0.1) is 23.2 Å². The zero-order chi connectivity index (χ0) is 50.6. The number of methoxy groups -OCH3 is 3. The number of fused-ring (bicyclic) bond motifs is 3. The van der Waals surface area contributed by atoms with E-state index in [0.29, 0.717) is 25.8 Å². The molecular formula is C54H75N5O10. The van der Waals surface area contributed by atoms with Crippen molar-refractivity contribution in [2.24, 2.45) is 23.2 Å². The minimum absolute atomic E-state index is 0.0498. The number of carbonyl (C=O) groups is 6. The first kappa shape index (κ1) is 54.3. The van der Waals surface area contributed by atoms with Crippen molar-refractivity contribution in [3.05, 3.63) is 95.6 Å². The van der Waals surface area contributed by atoms with E-state index in [4.69, 9.17) is 18.9 Å². The zero-order valence-corrected chi connectivity index (χ0v) is 42.4. The number of likely N-dealkylation sites (N-methyl/N-ethyl adjacent to an activating group) is 1. The Hall–Kier alpha value is -5.64. The number of amides is 4. The highest BCUT2D eigenvalue weighted by Gasteiger charge is 2.52. The number of hydrogen-bond donors (Lipinski definition) is 4. The lowest BCUT2D eigenvalue weighted by atomic mass is 9.76. The topological polar surface area (TPSA) is 191 Å². The Morgan fingerprint density at radius 2 is 1.45 bits per heavy atom. The molecule has 1 aliphatic heterocycles. The van der Waals surface area contributed by atoms with Gasteiger partial charge in [0, 0.05) is 46.6 Å². The quantitative estimate of drug-likeness (QED) is 0.0747. The van der Waals surface area contributed by atoms with E-state index < -0.39 is 71.1 Å². The fourth-order valence-electron chi connectivity index (χ4n) is 10.1. The lowest BCUT2D eigenvalue weighted by Crippen LogP contribution is -2.63. The number of ether oxygens (including phenoxy) is 4. The van der Waals surface area contributed by atoms with Crippen molar-refractivity contribution in [3.8, 4) is 11.1 Å². The van der Waals surface area contributed by atoms with Crippen LogP contribution in [0.25, 0.3) is 11.1 Å². The van der Waals surface area contributed by atoms with Gasteiger partial charge in [0.15, 0.2) is 5.78 Å². The van der Waals surface area contributed by atoms with Gasteiger partial charge in [-0.25, -0.2) is 9.59 Å². The predicted octanol–water partition coefficient (Wildman–Crippen LogP) is 6.21. The number of alkyl carbamates (subject to hydrolysis) is 1. The van der Waals surface area contributed by atoms with Crippen LogP contribution in [0.3, 0.4) is 0 Å². The van der Waals surface area contributed by atoms with Crippen LogP contribution in [0.5, 0.6) is 0 Å². The van der Waals surface area contributed by atoms with Crippen molar-refractivity contribution in [2.75, 3.05) is 48.1 Å². The molecular weight excluding hydrogens is 879 g/mol. The molecule has 4 amide bonds. The Morgan fingerprint density at radius 3 is 1.99 bits per heavy atom. The molecule has 1 heterocycles. The van der Waals surface area contributed by atoms with Gasteiger partial charge in [-0.2, -0.15) is 0 Å². The zero-order valence-electron chi connectivity index (χ0n) is 42.4. The highest BCUT2D eigenvalue weighted by atomic mass is 16.5. The highest BCUT2D eigenvalue weighted by Crippen LogP contribution is 2.44. The standard InChI is InChI=1S/C54H75N5O10/c1-12-34(4)46(43(66-9)30-44(60)54(27-20-28-56-54)47(67-10)35(5)48(61)57-42(50(63)68-11)29-36-21-14-13-15-22-36)59(8)49(62)45(33(2)3)58-51(64)53(6,7)32-55-52(65)69-31-41-39-25-18-16-23-37(39)38-24-17-19-26-40(38)41/h13-19,21-26,33-35,41-43,45-47,56H,12,20,27-32H2,1-11H3,(H,55,65)(H,57,61)(H,58,64)/t34-,35+,42-,43+,45-,46-,47+,54+/m0/s1. The highest BCUT2D eigenvalue weighted by molar-refractivity contribution is 5.93. The second-order valence-electron chi connectivity index (χ2n) is 19.7. The third kappa shape index (κ3) is 12.6. The summed E-state index contributed by atoms with van der Waals surface area (Å²) in [6.45, 7) is 13.3. The maximum Gasteiger partial charge on any atom is 0.407 e. The van der Waals surface area contributed by atoms with Crippen molar-refractivity contribution < 1.29 is 47.7 Å². The average Bonchev–Trinajstić information content (AvgIpc) is 3.97. The van der Waals surface area contributed by atoms with Crippen LogP contribution in [0.15, 0.2) is 78.9 Å². The Morgan fingerprint density at radius 1 is 0.841 bits per heavy atom. The fourth-order valence-corrected chi connectivity index (χ4v) is 10.1. The summed E-state index contributed by atoms with van der Waals surface area (Å²) in [7, 11) is 5.91. The molecule has 15 nitrogen and oxygen atoms in total. The molecule has 0 radical (unpaired) electrons. The minimum Gasteiger partial charge on any atom is -0.467 e. The Balaban J connectivity index is 1.25. The number of benzene rings is 3. The Labute approximate surface area is 408 Å². The lowest BCUT2D eigenvalue weighted by Gasteiger charge is -2.42. The van der Waals surface area contributed by atoms with Gasteiger partial charge in [0.05, 0.1) is 36.7 Å². The second kappa shape index (κ2) is 24.3. The van der Waals surface area contributed by atoms with E-state index in [1.54, 1.807) is 32.7 Å².